The average Bonchev–Trinajstić information content (AvgIpc) is 2.36. The van der Waals surface area contributed by atoms with E-state index in [0.717, 1.165) is 6.07 Å². The van der Waals surface area contributed by atoms with Crippen molar-refractivity contribution in [2.75, 3.05) is 19.7 Å². The summed E-state index contributed by atoms with van der Waals surface area (Å²) in [5, 5.41) is 18.8. The molecular weight excluding hydrogens is 289 g/mol. The average molecular weight is 304 g/mol. The molecule has 2 N–H and O–H groups in total. The van der Waals surface area contributed by atoms with Crippen molar-refractivity contribution >= 4 is 17.6 Å². The summed E-state index contributed by atoms with van der Waals surface area (Å²) in [6.45, 7) is 2.75. The zero-order chi connectivity index (χ0) is 14.9. The van der Waals surface area contributed by atoms with Crippen molar-refractivity contribution < 1.29 is 24.1 Å². The molecule has 0 radical (unpaired) electrons. The van der Waals surface area contributed by atoms with Gasteiger partial charge in [0, 0.05) is 31.3 Å². The Hall–Kier alpha value is -1.37. The second-order valence-electron chi connectivity index (χ2n) is 4.99. The molecule has 0 amide bonds. The number of nitrogens with zero attached hydrogens (tertiary/aromatic N) is 1. The number of aromatic hydroxyl groups is 1. The number of halogens is 2. The summed E-state index contributed by atoms with van der Waals surface area (Å²) in [5.74, 6) is -1.93. The van der Waals surface area contributed by atoms with Gasteiger partial charge < -0.3 is 14.9 Å². The molecule has 1 unspecified atom stereocenters. The number of carboxylic acids is 1. The number of phenolic OH excluding ortho intramolecular Hbond substituents is 1. The smallest absolute Gasteiger partial charge is 0.337 e. The van der Waals surface area contributed by atoms with E-state index in [1.54, 1.807) is 0 Å². The summed E-state index contributed by atoms with van der Waals surface area (Å²) >= 11 is 5.69. The summed E-state index contributed by atoms with van der Waals surface area (Å²) in [4.78, 5) is 13.0. The normalized spacial score (nSPS) is 23.8. The van der Waals surface area contributed by atoms with Crippen LogP contribution in [0.1, 0.15) is 12.5 Å². The fraction of sp³-hybridized carbons (Fsp3) is 0.462. The second-order valence-corrected chi connectivity index (χ2v) is 5.40. The third kappa shape index (κ3) is 3.03. The van der Waals surface area contributed by atoms with Crippen LogP contribution in [0.3, 0.4) is 0 Å². The van der Waals surface area contributed by atoms with Gasteiger partial charge in [0.2, 0.25) is 0 Å². The monoisotopic (exact) mass is 303 g/mol. The van der Waals surface area contributed by atoms with Gasteiger partial charge in [-0.3, -0.25) is 4.90 Å². The van der Waals surface area contributed by atoms with E-state index in [2.05, 4.69) is 0 Å². The molecule has 1 aromatic carbocycles. The highest BCUT2D eigenvalue weighted by Crippen LogP contribution is 2.27. The van der Waals surface area contributed by atoms with Gasteiger partial charge in [-0.1, -0.05) is 11.6 Å². The Kier molecular flexibility index (Phi) is 4.17. The summed E-state index contributed by atoms with van der Waals surface area (Å²) < 4.78 is 18.4. The molecule has 1 aliphatic rings. The predicted molar refractivity (Wildman–Crippen MR) is 70.3 cm³/mol. The van der Waals surface area contributed by atoms with E-state index in [1.165, 1.54) is 13.0 Å². The van der Waals surface area contributed by atoms with E-state index in [4.69, 9.17) is 21.4 Å². The first-order chi connectivity index (χ1) is 9.32. The van der Waals surface area contributed by atoms with Crippen LogP contribution in [-0.4, -0.2) is 46.4 Å². The van der Waals surface area contributed by atoms with Gasteiger partial charge in [0.1, 0.15) is 11.6 Å². The summed E-state index contributed by atoms with van der Waals surface area (Å²) in [5.41, 5.74) is -0.830. The van der Waals surface area contributed by atoms with Gasteiger partial charge in [0.05, 0.1) is 11.6 Å². The molecular formula is C13H15ClFNO4. The van der Waals surface area contributed by atoms with Crippen LogP contribution < -0.4 is 0 Å². The largest absolute Gasteiger partial charge is 0.508 e. The van der Waals surface area contributed by atoms with E-state index in [1.807, 2.05) is 4.90 Å². The van der Waals surface area contributed by atoms with Gasteiger partial charge in [-0.15, -0.1) is 0 Å². The molecule has 2 rings (SSSR count). The molecule has 1 fully saturated rings. The first-order valence-electron chi connectivity index (χ1n) is 6.08. The number of carbonyl (C=O) groups is 1. The molecule has 5 nitrogen and oxygen atoms in total. The van der Waals surface area contributed by atoms with Gasteiger partial charge in [-0.05, 0) is 13.0 Å². The number of ether oxygens (including phenoxy) is 1. The van der Waals surface area contributed by atoms with Crippen LogP contribution >= 0.6 is 11.6 Å². The maximum atomic E-state index is 13.2. The van der Waals surface area contributed by atoms with E-state index in [-0.39, 0.29) is 30.5 Å². The van der Waals surface area contributed by atoms with Crippen molar-refractivity contribution in [2.45, 2.75) is 19.1 Å². The maximum absolute atomic E-state index is 13.2. The van der Waals surface area contributed by atoms with Crippen molar-refractivity contribution in [3.63, 3.8) is 0 Å². The highest BCUT2D eigenvalue weighted by Gasteiger charge is 2.39. The third-order valence-electron chi connectivity index (χ3n) is 3.32. The molecule has 1 atom stereocenters. The van der Waals surface area contributed by atoms with Crippen molar-refractivity contribution in [3.05, 3.63) is 28.5 Å². The van der Waals surface area contributed by atoms with Crippen molar-refractivity contribution in [1.29, 1.82) is 0 Å². The van der Waals surface area contributed by atoms with Crippen LogP contribution in [0.2, 0.25) is 5.02 Å². The standard InChI is InChI=1S/C13H15ClFNO4/c1-13(12(18)19)7-16(2-3-20-13)6-8-4-9(14)10(15)5-11(8)17/h4-5,17H,2-3,6-7H2,1H3,(H,18,19). The molecule has 1 aliphatic heterocycles. The second kappa shape index (κ2) is 5.55. The minimum atomic E-state index is -1.28. The fourth-order valence-corrected chi connectivity index (χ4v) is 2.35. The molecule has 0 saturated carbocycles. The molecule has 0 aliphatic carbocycles. The molecule has 7 heteroatoms. The Labute approximate surface area is 120 Å². The topological polar surface area (TPSA) is 70.0 Å². The van der Waals surface area contributed by atoms with Crippen molar-refractivity contribution in [3.8, 4) is 5.75 Å². The molecule has 0 aromatic heterocycles. The third-order valence-corrected chi connectivity index (χ3v) is 3.61. The molecule has 20 heavy (non-hydrogen) atoms. The van der Waals surface area contributed by atoms with E-state index < -0.39 is 17.4 Å². The quantitative estimate of drug-likeness (QED) is 0.892. The molecule has 0 bridgehead atoms. The summed E-state index contributed by atoms with van der Waals surface area (Å²) in [6, 6.07) is 2.30. The Morgan fingerprint density at radius 1 is 1.60 bits per heavy atom. The van der Waals surface area contributed by atoms with E-state index in [0.29, 0.717) is 12.1 Å². The lowest BCUT2D eigenvalue weighted by Crippen LogP contribution is -2.54. The number of morpholine rings is 1. The number of rotatable bonds is 3. The van der Waals surface area contributed by atoms with Crippen LogP contribution in [0.25, 0.3) is 0 Å². The van der Waals surface area contributed by atoms with Crippen LogP contribution in [-0.2, 0) is 16.1 Å². The lowest BCUT2D eigenvalue weighted by molar-refractivity contribution is -0.174. The van der Waals surface area contributed by atoms with Crippen LogP contribution in [0.15, 0.2) is 12.1 Å². The van der Waals surface area contributed by atoms with Gasteiger partial charge in [-0.25, -0.2) is 9.18 Å². The lowest BCUT2D eigenvalue weighted by atomic mass is 10.0. The predicted octanol–water partition coefficient (Wildman–Crippen LogP) is 1.86. The Morgan fingerprint density at radius 2 is 2.30 bits per heavy atom. The highest BCUT2D eigenvalue weighted by atomic mass is 35.5. The van der Waals surface area contributed by atoms with Gasteiger partial charge >= 0.3 is 5.97 Å². The van der Waals surface area contributed by atoms with E-state index >= 15 is 0 Å². The van der Waals surface area contributed by atoms with Crippen molar-refractivity contribution in [1.82, 2.24) is 4.90 Å². The van der Waals surface area contributed by atoms with Crippen LogP contribution in [0.4, 0.5) is 4.39 Å². The minimum absolute atomic E-state index is 0.0768. The van der Waals surface area contributed by atoms with Crippen LogP contribution in [0.5, 0.6) is 5.75 Å². The molecule has 1 aromatic rings. The van der Waals surface area contributed by atoms with E-state index in [9.17, 15) is 14.3 Å². The molecule has 0 spiro atoms. The number of carboxylic acid groups (broad SMARTS) is 1. The number of benzene rings is 1. The summed E-state index contributed by atoms with van der Waals surface area (Å²) in [6.07, 6.45) is 0. The SMILES string of the molecule is CC1(C(=O)O)CN(Cc2cc(Cl)c(F)cc2O)CCO1. The Morgan fingerprint density at radius 3 is 2.95 bits per heavy atom. The number of hydrogen-bond acceptors (Lipinski definition) is 4. The molecule has 1 saturated heterocycles. The first kappa shape index (κ1) is 15.0. The number of phenols is 1. The summed E-state index contributed by atoms with van der Waals surface area (Å²) in [7, 11) is 0. The molecule has 110 valence electrons. The Balaban J connectivity index is 2.14. The zero-order valence-electron chi connectivity index (χ0n) is 10.9. The number of aliphatic carboxylic acids is 1. The maximum Gasteiger partial charge on any atom is 0.337 e. The first-order valence-corrected chi connectivity index (χ1v) is 6.46. The minimum Gasteiger partial charge on any atom is -0.508 e. The fourth-order valence-electron chi connectivity index (χ4n) is 2.16. The Bertz CT molecular complexity index is 539. The van der Waals surface area contributed by atoms with Gasteiger partial charge in [0.15, 0.2) is 5.60 Å². The van der Waals surface area contributed by atoms with Crippen LogP contribution in [0, 0.1) is 5.82 Å². The lowest BCUT2D eigenvalue weighted by Gasteiger charge is -2.37. The van der Waals surface area contributed by atoms with Gasteiger partial charge in [-0.2, -0.15) is 0 Å². The van der Waals surface area contributed by atoms with Crippen molar-refractivity contribution in [2.24, 2.45) is 0 Å². The molecule has 1 heterocycles. The van der Waals surface area contributed by atoms with Gasteiger partial charge in [0.25, 0.3) is 0 Å². The highest BCUT2D eigenvalue weighted by molar-refractivity contribution is 6.30. The number of hydrogen-bond donors (Lipinski definition) is 2. The zero-order valence-corrected chi connectivity index (χ0v) is 11.7.